The summed E-state index contributed by atoms with van der Waals surface area (Å²) < 4.78 is 0. The van der Waals surface area contributed by atoms with Crippen LogP contribution in [-0.2, 0) is 13.1 Å². The number of hydrogen-bond acceptors (Lipinski definition) is 5. The lowest BCUT2D eigenvalue weighted by molar-refractivity contribution is -0.384. The highest BCUT2D eigenvalue weighted by atomic mass is 16.6. The lowest BCUT2D eigenvalue weighted by atomic mass is 10.1. The summed E-state index contributed by atoms with van der Waals surface area (Å²) in [4.78, 5) is 25.1. The molecule has 7 nitrogen and oxygen atoms in total. The Hall–Kier alpha value is -2.93. The first kappa shape index (κ1) is 19.4. The second-order valence-electron chi connectivity index (χ2n) is 6.07. The van der Waals surface area contributed by atoms with E-state index in [4.69, 9.17) is 0 Å². The molecule has 0 aliphatic carbocycles. The van der Waals surface area contributed by atoms with E-state index in [1.807, 2.05) is 12.1 Å². The minimum atomic E-state index is -0.510. The largest absolute Gasteiger partial charge is 0.387 e. The highest BCUT2D eigenvalue weighted by molar-refractivity contribution is 6.00. The first-order valence-electron chi connectivity index (χ1n) is 8.45. The van der Waals surface area contributed by atoms with Crippen LogP contribution in [0.1, 0.15) is 28.4 Å². The van der Waals surface area contributed by atoms with Crippen molar-refractivity contribution in [3.8, 4) is 0 Å². The van der Waals surface area contributed by atoms with Crippen molar-refractivity contribution in [2.24, 2.45) is 0 Å². The van der Waals surface area contributed by atoms with Crippen LogP contribution in [-0.4, -0.2) is 36.4 Å². The van der Waals surface area contributed by atoms with Gasteiger partial charge in [0, 0.05) is 38.0 Å². The van der Waals surface area contributed by atoms with Crippen molar-refractivity contribution in [3.05, 3.63) is 69.3 Å². The molecule has 7 heteroatoms. The van der Waals surface area contributed by atoms with Crippen molar-refractivity contribution in [1.82, 2.24) is 10.2 Å². The molecular formula is C19H24N4O3. The molecule has 0 saturated heterocycles. The molecule has 2 aromatic rings. The van der Waals surface area contributed by atoms with Crippen LogP contribution in [0.2, 0.25) is 0 Å². The van der Waals surface area contributed by atoms with Gasteiger partial charge in [-0.3, -0.25) is 14.9 Å². The van der Waals surface area contributed by atoms with Gasteiger partial charge in [0.2, 0.25) is 0 Å². The zero-order valence-corrected chi connectivity index (χ0v) is 15.3. The number of amides is 1. The molecule has 2 aromatic carbocycles. The number of carbonyl (C=O) groups is 1. The predicted octanol–water partition coefficient (Wildman–Crippen LogP) is 3.02. The molecule has 26 heavy (non-hydrogen) atoms. The van der Waals surface area contributed by atoms with Crippen LogP contribution in [0, 0.1) is 10.1 Å². The molecule has 0 atom stereocenters. The van der Waals surface area contributed by atoms with Crippen LogP contribution in [0.3, 0.4) is 0 Å². The molecule has 0 aliphatic heterocycles. The molecule has 2 rings (SSSR count). The molecule has 1 amide bonds. The van der Waals surface area contributed by atoms with E-state index in [0.29, 0.717) is 12.2 Å². The predicted molar refractivity (Wildman–Crippen MR) is 102 cm³/mol. The van der Waals surface area contributed by atoms with Gasteiger partial charge in [-0.05, 0) is 30.8 Å². The number of nitrogens with zero attached hydrogens (tertiary/aromatic N) is 2. The van der Waals surface area contributed by atoms with E-state index in [0.717, 1.165) is 18.7 Å². The molecule has 0 bridgehead atoms. The average molecular weight is 356 g/mol. The van der Waals surface area contributed by atoms with E-state index in [1.54, 1.807) is 7.05 Å². The van der Waals surface area contributed by atoms with Crippen LogP contribution in [0.15, 0.2) is 42.5 Å². The molecule has 0 fully saturated rings. The minimum absolute atomic E-state index is 0.112. The number of rotatable bonds is 8. The fourth-order valence-electron chi connectivity index (χ4n) is 2.59. The summed E-state index contributed by atoms with van der Waals surface area (Å²) in [5.74, 6) is -0.353. The summed E-state index contributed by atoms with van der Waals surface area (Å²) in [6.45, 7) is 4.25. The Morgan fingerprint density at radius 2 is 1.92 bits per heavy atom. The van der Waals surface area contributed by atoms with E-state index in [9.17, 15) is 14.9 Å². The van der Waals surface area contributed by atoms with Gasteiger partial charge >= 0.3 is 0 Å². The van der Waals surface area contributed by atoms with E-state index < -0.39 is 4.92 Å². The fraction of sp³-hybridized carbons (Fsp3) is 0.316. The number of non-ortho nitro benzene ring substituents is 1. The number of hydrogen-bond donors (Lipinski definition) is 2. The number of carbonyl (C=O) groups excluding carboxylic acids is 1. The normalized spacial score (nSPS) is 10.6. The lowest BCUT2D eigenvalue weighted by Crippen LogP contribution is -2.24. The fourth-order valence-corrected chi connectivity index (χ4v) is 2.59. The van der Waals surface area contributed by atoms with Crippen molar-refractivity contribution < 1.29 is 9.72 Å². The van der Waals surface area contributed by atoms with Gasteiger partial charge in [-0.15, -0.1) is 0 Å². The second-order valence-corrected chi connectivity index (χ2v) is 6.07. The van der Waals surface area contributed by atoms with Crippen LogP contribution in [0.4, 0.5) is 11.4 Å². The van der Waals surface area contributed by atoms with Gasteiger partial charge in [0.1, 0.15) is 0 Å². The van der Waals surface area contributed by atoms with E-state index in [1.165, 1.54) is 23.8 Å². The van der Waals surface area contributed by atoms with Crippen molar-refractivity contribution in [3.63, 3.8) is 0 Å². The summed E-state index contributed by atoms with van der Waals surface area (Å²) in [5, 5.41) is 16.7. The number of anilines is 1. The average Bonchev–Trinajstić information content (AvgIpc) is 2.65. The second kappa shape index (κ2) is 8.96. The Morgan fingerprint density at radius 1 is 1.19 bits per heavy atom. The molecule has 0 unspecified atom stereocenters. The zero-order chi connectivity index (χ0) is 19.1. The molecule has 0 saturated carbocycles. The molecule has 0 heterocycles. The van der Waals surface area contributed by atoms with Crippen molar-refractivity contribution in [2.75, 3.05) is 26.0 Å². The summed E-state index contributed by atoms with van der Waals surface area (Å²) >= 11 is 0. The third kappa shape index (κ3) is 5.03. The Kier molecular flexibility index (Phi) is 6.68. The summed E-state index contributed by atoms with van der Waals surface area (Å²) in [6, 6.07) is 12.2. The van der Waals surface area contributed by atoms with Crippen molar-refractivity contribution >= 4 is 17.3 Å². The third-order valence-corrected chi connectivity index (χ3v) is 4.16. The minimum Gasteiger partial charge on any atom is -0.387 e. The Morgan fingerprint density at radius 3 is 2.58 bits per heavy atom. The van der Waals surface area contributed by atoms with Gasteiger partial charge in [0.15, 0.2) is 0 Å². The molecular weight excluding hydrogens is 332 g/mol. The SMILES string of the molecule is CCN(C)Cc1cccc(CNC(=O)c2cc([N+](=O)[O-])ccc2NC)c1. The summed E-state index contributed by atoms with van der Waals surface area (Å²) in [6.07, 6.45) is 0. The molecule has 0 radical (unpaired) electrons. The highest BCUT2D eigenvalue weighted by Gasteiger charge is 2.16. The summed E-state index contributed by atoms with van der Waals surface area (Å²) in [7, 11) is 3.72. The van der Waals surface area contributed by atoms with Crippen LogP contribution >= 0.6 is 0 Å². The number of nitrogens with one attached hydrogen (secondary N) is 2. The third-order valence-electron chi connectivity index (χ3n) is 4.16. The van der Waals surface area contributed by atoms with E-state index >= 15 is 0 Å². The van der Waals surface area contributed by atoms with E-state index in [-0.39, 0.29) is 17.2 Å². The van der Waals surface area contributed by atoms with E-state index in [2.05, 4.69) is 41.6 Å². The number of benzene rings is 2. The smallest absolute Gasteiger partial charge is 0.270 e. The Labute approximate surface area is 153 Å². The van der Waals surface area contributed by atoms with Gasteiger partial charge in [-0.2, -0.15) is 0 Å². The number of nitro benzene ring substituents is 1. The maximum absolute atomic E-state index is 12.5. The van der Waals surface area contributed by atoms with Gasteiger partial charge in [-0.25, -0.2) is 0 Å². The standard InChI is InChI=1S/C19H24N4O3/c1-4-22(3)13-15-7-5-6-14(10-15)12-21-19(24)17-11-16(23(25)26)8-9-18(17)20-2/h5-11,20H,4,12-13H2,1-3H3,(H,21,24). The van der Waals surface area contributed by atoms with Gasteiger partial charge in [0.25, 0.3) is 11.6 Å². The van der Waals surface area contributed by atoms with Crippen molar-refractivity contribution in [2.45, 2.75) is 20.0 Å². The van der Waals surface area contributed by atoms with Crippen LogP contribution < -0.4 is 10.6 Å². The molecule has 2 N–H and O–H groups in total. The van der Waals surface area contributed by atoms with Gasteiger partial charge in [0.05, 0.1) is 10.5 Å². The quantitative estimate of drug-likeness (QED) is 0.561. The topological polar surface area (TPSA) is 87.5 Å². The summed E-state index contributed by atoms with van der Waals surface area (Å²) in [5.41, 5.74) is 2.85. The molecule has 0 aliphatic rings. The molecule has 0 aromatic heterocycles. The maximum Gasteiger partial charge on any atom is 0.270 e. The van der Waals surface area contributed by atoms with Gasteiger partial charge in [-0.1, -0.05) is 31.2 Å². The molecule has 138 valence electrons. The monoisotopic (exact) mass is 356 g/mol. The zero-order valence-electron chi connectivity index (χ0n) is 15.3. The van der Waals surface area contributed by atoms with Crippen LogP contribution in [0.5, 0.6) is 0 Å². The maximum atomic E-state index is 12.5. The number of nitro groups is 1. The first-order valence-corrected chi connectivity index (χ1v) is 8.45. The van der Waals surface area contributed by atoms with Crippen molar-refractivity contribution in [1.29, 1.82) is 0 Å². The van der Waals surface area contributed by atoms with Crippen LogP contribution in [0.25, 0.3) is 0 Å². The lowest BCUT2D eigenvalue weighted by Gasteiger charge is -2.15. The first-order chi connectivity index (χ1) is 12.4. The molecule has 0 spiro atoms. The Bertz CT molecular complexity index is 792. The Balaban J connectivity index is 2.10. The van der Waals surface area contributed by atoms with Gasteiger partial charge < -0.3 is 15.5 Å². The highest BCUT2D eigenvalue weighted by Crippen LogP contribution is 2.22.